The quantitative estimate of drug-likeness (QED) is 0.570. The molecule has 130 valence electrons. The third kappa shape index (κ3) is 4.00. The third-order valence-electron chi connectivity index (χ3n) is 3.75. The first-order valence-corrected chi connectivity index (χ1v) is 7.94. The summed E-state index contributed by atoms with van der Waals surface area (Å²) in [5.74, 6) is -0.753. The van der Waals surface area contributed by atoms with Gasteiger partial charge < -0.3 is 19.5 Å². The Balaban J connectivity index is 2.07. The molecular weight excluding hydrogens is 334 g/mol. The van der Waals surface area contributed by atoms with Gasteiger partial charge in [-0.15, -0.1) is 12.6 Å². The fourth-order valence-corrected chi connectivity index (χ4v) is 2.68. The third-order valence-corrected chi connectivity index (χ3v) is 4.37. The number of carboxylic acid groups (broad SMARTS) is 1. The molecule has 2 rings (SSSR count). The molecule has 1 aliphatic rings. The number of hydrogen-bond acceptors (Lipinski definition) is 6. The highest BCUT2D eigenvalue weighted by Crippen LogP contribution is 2.32. The Labute approximate surface area is 144 Å². The first kappa shape index (κ1) is 18.1. The number of ether oxygens (including phenoxy) is 2. The zero-order valence-corrected chi connectivity index (χ0v) is 14.3. The number of benzene rings is 1. The fourth-order valence-electron chi connectivity index (χ4n) is 2.36. The highest BCUT2D eigenvalue weighted by Gasteiger charge is 2.32. The molecule has 1 amide bonds. The van der Waals surface area contributed by atoms with Crippen LogP contribution in [0.4, 0.5) is 0 Å². The second-order valence-corrected chi connectivity index (χ2v) is 5.98. The minimum absolute atomic E-state index is 0.0571. The maximum absolute atomic E-state index is 12.4. The summed E-state index contributed by atoms with van der Waals surface area (Å²) >= 11 is 4.08. The monoisotopic (exact) mass is 353 g/mol. The van der Waals surface area contributed by atoms with Crippen LogP contribution >= 0.6 is 12.6 Å². The van der Waals surface area contributed by atoms with Crippen LogP contribution in [0.2, 0.25) is 0 Å². The van der Waals surface area contributed by atoms with Crippen molar-refractivity contribution in [3.63, 3.8) is 0 Å². The molecule has 24 heavy (non-hydrogen) atoms. The van der Waals surface area contributed by atoms with Gasteiger partial charge in [0.25, 0.3) is 0 Å². The Morgan fingerprint density at radius 2 is 1.96 bits per heavy atom. The molecule has 0 aromatic heterocycles. The molecule has 1 N–H and O–H groups in total. The average molecular weight is 353 g/mol. The van der Waals surface area contributed by atoms with Crippen molar-refractivity contribution in [3.8, 4) is 11.5 Å². The molecule has 1 aromatic carbocycles. The lowest BCUT2D eigenvalue weighted by Crippen LogP contribution is -2.49. The van der Waals surface area contributed by atoms with Gasteiger partial charge in [0.1, 0.15) is 11.4 Å². The number of carboxylic acids is 1. The number of nitrogens with zero attached hydrogens (tertiary/aromatic N) is 1. The van der Waals surface area contributed by atoms with Crippen LogP contribution in [-0.2, 0) is 20.8 Å². The second kappa shape index (κ2) is 7.57. The zero-order chi connectivity index (χ0) is 17.9. The molecule has 7 nitrogen and oxygen atoms in total. The standard InChI is InChI=1S/C16H19NO6S/c1-9(16(20)21)17(15(24)10(2)18)14(19)6-4-11-3-5-12-13(7-11)23-8-22-12/h3,5,7,9,15,24H,4,6,8H2,1-2H3,(H,20,21)/t9-,15?/m0/s1. The summed E-state index contributed by atoms with van der Waals surface area (Å²) in [6, 6.07) is 4.22. The molecule has 1 unspecified atom stereocenters. The number of amides is 1. The number of carbonyl (C=O) groups excluding carboxylic acids is 2. The SMILES string of the molecule is CC(=O)C(S)N(C(=O)CCc1ccc2c(c1)OCO2)[C@@H](C)C(=O)O. The van der Waals surface area contributed by atoms with Gasteiger partial charge in [-0.1, -0.05) is 6.07 Å². The normalized spacial score (nSPS) is 14.8. The maximum atomic E-state index is 12.4. The lowest BCUT2D eigenvalue weighted by molar-refractivity contribution is -0.151. The Kier molecular flexibility index (Phi) is 5.71. The number of fused-ring (bicyclic) bond motifs is 1. The van der Waals surface area contributed by atoms with Crippen molar-refractivity contribution in [3.05, 3.63) is 23.8 Å². The minimum Gasteiger partial charge on any atom is -0.480 e. The number of hydrogen-bond donors (Lipinski definition) is 2. The molecule has 8 heteroatoms. The molecular formula is C16H19NO6S. The van der Waals surface area contributed by atoms with Crippen LogP contribution in [0.3, 0.4) is 0 Å². The lowest BCUT2D eigenvalue weighted by atomic mass is 10.1. The molecule has 1 heterocycles. The average Bonchev–Trinajstić information content (AvgIpc) is 3.00. The van der Waals surface area contributed by atoms with E-state index in [0.29, 0.717) is 17.9 Å². The van der Waals surface area contributed by atoms with Gasteiger partial charge in [0.2, 0.25) is 12.7 Å². The van der Waals surface area contributed by atoms with Crippen LogP contribution < -0.4 is 9.47 Å². The predicted molar refractivity (Wildman–Crippen MR) is 88.3 cm³/mol. The van der Waals surface area contributed by atoms with E-state index in [9.17, 15) is 14.4 Å². The summed E-state index contributed by atoms with van der Waals surface area (Å²) in [4.78, 5) is 36.2. The van der Waals surface area contributed by atoms with Gasteiger partial charge in [0.15, 0.2) is 17.3 Å². The Bertz CT molecular complexity index is 642. The van der Waals surface area contributed by atoms with Gasteiger partial charge in [0, 0.05) is 6.42 Å². The fraction of sp³-hybridized carbons (Fsp3) is 0.438. The topological polar surface area (TPSA) is 93.1 Å². The number of ketones is 1. The molecule has 0 spiro atoms. The summed E-state index contributed by atoms with van der Waals surface area (Å²) < 4.78 is 10.5. The van der Waals surface area contributed by atoms with Crippen LogP contribution in [0.1, 0.15) is 25.8 Å². The van der Waals surface area contributed by atoms with E-state index >= 15 is 0 Å². The van der Waals surface area contributed by atoms with Crippen molar-refractivity contribution < 1.29 is 29.0 Å². The molecule has 1 aromatic rings. The molecule has 0 radical (unpaired) electrons. The van der Waals surface area contributed by atoms with E-state index in [1.54, 1.807) is 12.1 Å². The van der Waals surface area contributed by atoms with Crippen molar-refractivity contribution in [1.82, 2.24) is 4.90 Å². The summed E-state index contributed by atoms with van der Waals surface area (Å²) in [6.45, 7) is 2.79. The highest BCUT2D eigenvalue weighted by atomic mass is 32.1. The number of thiol groups is 1. The van der Waals surface area contributed by atoms with Crippen molar-refractivity contribution in [2.75, 3.05) is 6.79 Å². The Morgan fingerprint density at radius 3 is 2.58 bits per heavy atom. The van der Waals surface area contributed by atoms with Gasteiger partial charge >= 0.3 is 5.97 Å². The van der Waals surface area contributed by atoms with E-state index in [1.807, 2.05) is 6.07 Å². The van der Waals surface area contributed by atoms with Crippen LogP contribution in [-0.4, -0.2) is 45.9 Å². The van der Waals surface area contributed by atoms with Crippen LogP contribution in [0.25, 0.3) is 0 Å². The molecule has 0 aliphatic carbocycles. The second-order valence-electron chi connectivity index (χ2n) is 5.49. The van der Waals surface area contributed by atoms with Crippen LogP contribution in [0, 0.1) is 0 Å². The lowest BCUT2D eigenvalue weighted by Gasteiger charge is -2.30. The summed E-state index contributed by atoms with van der Waals surface area (Å²) in [6.07, 6.45) is 0.443. The van der Waals surface area contributed by atoms with Crippen molar-refractivity contribution in [2.45, 2.75) is 38.1 Å². The number of aryl methyl sites for hydroxylation is 1. The smallest absolute Gasteiger partial charge is 0.326 e. The summed E-state index contributed by atoms with van der Waals surface area (Å²) in [5.41, 5.74) is 0.856. The first-order chi connectivity index (χ1) is 11.3. The molecule has 0 bridgehead atoms. The van der Waals surface area contributed by atoms with Gasteiger partial charge in [-0.2, -0.15) is 0 Å². The van der Waals surface area contributed by atoms with E-state index in [0.717, 1.165) is 10.5 Å². The van der Waals surface area contributed by atoms with E-state index in [1.165, 1.54) is 13.8 Å². The number of carbonyl (C=O) groups is 3. The van der Waals surface area contributed by atoms with Gasteiger partial charge in [-0.3, -0.25) is 9.59 Å². The van der Waals surface area contributed by atoms with Crippen LogP contribution in [0.5, 0.6) is 11.5 Å². The van der Waals surface area contributed by atoms with Gasteiger partial charge in [0.05, 0.1) is 0 Å². The van der Waals surface area contributed by atoms with Crippen molar-refractivity contribution in [2.24, 2.45) is 0 Å². The molecule has 0 saturated carbocycles. The van der Waals surface area contributed by atoms with E-state index in [4.69, 9.17) is 14.6 Å². The Hall–Kier alpha value is -2.22. The highest BCUT2D eigenvalue weighted by molar-refractivity contribution is 7.81. The van der Waals surface area contributed by atoms with Gasteiger partial charge in [-0.05, 0) is 38.0 Å². The van der Waals surface area contributed by atoms with E-state index in [2.05, 4.69) is 12.6 Å². The maximum Gasteiger partial charge on any atom is 0.326 e. The van der Waals surface area contributed by atoms with Crippen molar-refractivity contribution in [1.29, 1.82) is 0 Å². The number of rotatable bonds is 7. The zero-order valence-electron chi connectivity index (χ0n) is 13.4. The summed E-state index contributed by atoms with van der Waals surface area (Å²) in [7, 11) is 0. The number of aliphatic carboxylic acids is 1. The number of Topliss-reactive ketones (excluding diaryl/α,β-unsaturated/α-hetero) is 1. The molecule has 0 saturated heterocycles. The first-order valence-electron chi connectivity index (χ1n) is 7.42. The molecule has 2 atom stereocenters. The Morgan fingerprint density at radius 1 is 1.29 bits per heavy atom. The molecule has 0 fully saturated rings. The predicted octanol–water partition coefficient (Wildman–Crippen LogP) is 1.49. The summed E-state index contributed by atoms with van der Waals surface area (Å²) in [5, 5.41) is 8.07. The minimum atomic E-state index is -1.19. The van der Waals surface area contributed by atoms with E-state index in [-0.39, 0.29) is 19.0 Å². The molecule has 1 aliphatic heterocycles. The van der Waals surface area contributed by atoms with E-state index < -0.39 is 23.3 Å². The van der Waals surface area contributed by atoms with Crippen LogP contribution in [0.15, 0.2) is 18.2 Å². The van der Waals surface area contributed by atoms with Gasteiger partial charge in [-0.25, -0.2) is 4.79 Å². The largest absolute Gasteiger partial charge is 0.480 e. The van der Waals surface area contributed by atoms with Crippen molar-refractivity contribution >= 4 is 30.3 Å².